The van der Waals surface area contributed by atoms with Crippen molar-refractivity contribution in [1.29, 1.82) is 0 Å². The maximum Gasteiger partial charge on any atom is 0.303 e. The lowest BCUT2D eigenvalue weighted by Crippen LogP contribution is -2.62. The van der Waals surface area contributed by atoms with Gasteiger partial charge in [-0.15, -0.1) is 0 Å². The van der Waals surface area contributed by atoms with Crippen LogP contribution in [0.1, 0.15) is 18.9 Å². The van der Waals surface area contributed by atoms with Crippen molar-refractivity contribution >= 4 is 5.97 Å². The van der Waals surface area contributed by atoms with Gasteiger partial charge in [-0.05, 0) is 34.1 Å². The summed E-state index contributed by atoms with van der Waals surface area (Å²) in [6.07, 6.45) is -11.1. The fourth-order valence-corrected chi connectivity index (χ4v) is 4.58. The normalized spacial score (nSPS) is 33.2. The molecule has 1 N–H and O–H groups in total. The Bertz CT molecular complexity index is 1220. The number of esters is 1. The van der Waals surface area contributed by atoms with Crippen molar-refractivity contribution in [2.75, 3.05) is 6.54 Å². The molecular weight excluding hydrogens is 535 g/mol. The smallest absolute Gasteiger partial charge is 0.303 e. The van der Waals surface area contributed by atoms with Gasteiger partial charge >= 0.3 is 5.97 Å². The van der Waals surface area contributed by atoms with Gasteiger partial charge in [0.15, 0.2) is 6.29 Å². The summed E-state index contributed by atoms with van der Waals surface area (Å²) in [7, 11) is 0. The third-order valence-corrected chi connectivity index (χ3v) is 6.30. The summed E-state index contributed by atoms with van der Waals surface area (Å²) in [5, 5.41) is 25.1. The maximum absolute atomic E-state index is 15.9. The topological polar surface area (TPSA) is 269 Å². The first-order chi connectivity index (χ1) is 19.3. The minimum absolute atomic E-state index is 0.0400. The highest BCUT2D eigenvalue weighted by molar-refractivity contribution is 5.66. The lowest BCUT2D eigenvalue weighted by atomic mass is 9.84. The molecule has 40 heavy (non-hydrogen) atoms. The Kier molecular flexibility index (Phi) is 11.1. The molecule has 0 unspecified atom stereocenters. The van der Waals surface area contributed by atoms with Gasteiger partial charge in [-0.2, -0.15) is 0 Å². The van der Waals surface area contributed by atoms with Crippen LogP contribution >= 0.6 is 0 Å². The van der Waals surface area contributed by atoms with Crippen LogP contribution in [-0.2, 0) is 30.3 Å². The summed E-state index contributed by atoms with van der Waals surface area (Å²) < 4.78 is 38.5. The van der Waals surface area contributed by atoms with Crippen LogP contribution in [0.3, 0.4) is 0 Å². The number of halogens is 1. The van der Waals surface area contributed by atoms with Gasteiger partial charge in [-0.25, -0.2) is 4.39 Å². The molecule has 1 aromatic carbocycles. The maximum atomic E-state index is 15.9. The summed E-state index contributed by atoms with van der Waals surface area (Å²) in [5.74, 6) is -0.805. The molecule has 1 heterocycles. The van der Waals surface area contributed by atoms with Gasteiger partial charge in [-0.1, -0.05) is 50.8 Å². The van der Waals surface area contributed by atoms with Gasteiger partial charge < -0.3 is 24.1 Å². The van der Waals surface area contributed by atoms with Gasteiger partial charge in [0.25, 0.3) is 0 Å². The zero-order valence-electron chi connectivity index (χ0n) is 21.0. The molecule has 212 valence electrons. The van der Waals surface area contributed by atoms with Crippen LogP contribution in [0, 0.1) is 0 Å². The van der Waals surface area contributed by atoms with Crippen molar-refractivity contribution in [2.24, 2.45) is 20.5 Å². The van der Waals surface area contributed by atoms with Crippen LogP contribution < -0.4 is 0 Å². The second-order valence-corrected chi connectivity index (χ2v) is 8.80. The number of aliphatic hydroxyl groups is 1. The van der Waals surface area contributed by atoms with Crippen LogP contribution in [0.5, 0.6) is 0 Å². The molecule has 2 fully saturated rings. The Hall–Kier alpha value is -4.30. The summed E-state index contributed by atoms with van der Waals surface area (Å²) in [6, 6.07) is 4.84. The van der Waals surface area contributed by atoms with E-state index in [1.54, 1.807) is 30.3 Å². The van der Waals surface area contributed by atoms with Crippen molar-refractivity contribution < 1.29 is 33.2 Å². The average Bonchev–Trinajstić information content (AvgIpc) is 2.93. The van der Waals surface area contributed by atoms with E-state index in [0.717, 1.165) is 6.92 Å². The van der Waals surface area contributed by atoms with E-state index in [-0.39, 0.29) is 19.6 Å². The van der Waals surface area contributed by atoms with Crippen molar-refractivity contribution in [1.82, 2.24) is 0 Å². The van der Waals surface area contributed by atoms with Crippen LogP contribution in [0.25, 0.3) is 41.8 Å². The van der Waals surface area contributed by atoms with Crippen LogP contribution in [0.2, 0.25) is 0 Å². The molecule has 0 aromatic heterocycles. The molecule has 3 rings (SSSR count). The van der Waals surface area contributed by atoms with Crippen molar-refractivity contribution in [3.8, 4) is 0 Å². The first-order valence-electron chi connectivity index (χ1n) is 11.9. The van der Waals surface area contributed by atoms with Crippen molar-refractivity contribution in [2.45, 2.75) is 81.1 Å². The fraction of sp³-hybridized carbons (Fsp3) is 0.667. The minimum Gasteiger partial charge on any atom is -0.459 e. The van der Waals surface area contributed by atoms with E-state index < -0.39 is 67.1 Å². The second kappa shape index (κ2) is 14.7. The van der Waals surface area contributed by atoms with Crippen LogP contribution in [0.15, 0.2) is 50.8 Å². The Labute approximate surface area is 225 Å². The standard InChI is InChI=1S/C21H25FN12O6/c1-10(35)38-18-12(28-32-24)7-13(29-33-25)19(17(18)36)40-21-16(30-34-26)15(22)20(14(39-21)8-27-31-23)37-9-11-5-3-2-4-6-11/h2-6,12-21,36H,7-9H2,1H3/t12-,13+,14-,15-,16-,17-,18+,19-,20-,21-/m1/s1. The summed E-state index contributed by atoms with van der Waals surface area (Å²) >= 11 is 0. The fourth-order valence-electron chi connectivity index (χ4n) is 4.58. The quantitative estimate of drug-likeness (QED) is 0.180. The number of azide groups is 4. The number of nitrogens with zero attached hydrogens (tertiary/aromatic N) is 12. The number of alkyl halides is 1. The number of hydrogen-bond acceptors (Lipinski definition) is 10. The number of ether oxygens (including phenoxy) is 4. The molecule has 1 saturated carbocycles. The van der Waals surface area contributed by atoms with E-state index in [2.05, 4.69) is 40.1 Å². The highest BCUT2D eigenvalue weighted by Gasteiger charge is 2.52. The third kappa shape index (κ3) is 7.42. The molecule has 1 aliphatic carbocycles. The highest BCUT2D eigenvalue weighted by Crippen LogP contribution is 2.35. The lowest BCUT2D eigenvalue weighted by molar-refractivity contribution is -0.287. The predicted octanol–water partition coefficient (Wildman–Crippen LogP) is 4.06. The Balaban J connectivity index is 1.92. The van der Waals surface area contributed by atoms with E-state index in [1.807, 2.05) is 0 Å². The van der Waals surface area contributed by atoms with Crippen LogP contribution in [0.4, 0.5) is 4.39 Å². The molecule has 1 aliphatic heterocycles. The van der Waals surface area contributed by atoms with Gasteiger partial charge in [0.2, 0.25) is 0 Å². The summed E-state index contributed by atoms with van der Waals surface area (Å²) in [5.41, 5.74) is 36.7. The second-order valence-electron chi connectivity index (χ2n) is 8.80. The largest absolute Gasteiger partial charge is 0.459 e. The van der Waals surface area contributed by atoms with Crippen LogP contribution in [-0.4, -0.2) is 78.7 Å². The lowest BCUT2D eigenvalue weighted by Gasteiger charge is -2.46. The van der Waals surface area contributed by atoms with E-state index in [0.29, 0.717) is 5.56 Å². The molecule has 1 aromatic rings. The zero-order valence-corrected chi connectivity index (χ0v) is 21.0. The predicted molar refractivity (Wildman–Crippen MR) is 132 cm³/mol. The highest BCUT2D eigenvalue weighted by atomic mass is 19.1. The minimum atomic E-state index is -2.03. The van der Waals surface area contributed by atoms with E-state index in [9.17, 15) is 9.90 Å². The molecular formula is C21H25FN12O6. The van der Waals surface area contributed by atoms with E-state index in [4.69, 9.17) is 41.1 Å². The van der Waals surface area contributed by atoms with Gasteiger partial charge in [0.05, 0.1) is 37.4 Å². The molecule has 0 spiro atoms. The third-order valence-electron chi connectivity index (χ3n) is 6.30. The van der Waals surface area contributed by atoms with Crippen molar-refractivity contribution in [3.63, 3.8) is 0 Å². The number of carbonyl (C=O) groups is 1. The summed E-state index contributed by atoms with van der Waals surface area (Å²) in [6.45, 7) is 0.643. The summed E-state index contributed by atoms with van der Waals surface area (Å²) in [4.78, 5) is 22.4. The number of rotatable bonds is 11. The monoisotopic (exact) mass is 560 g/mol. The molecule has 0 radical (unpaired) electrons. The molecule has 1 saturated heterocycles. The Morgan fingerprint density at radius 3 is 2.27 bits per heavy atom. The Morgan fingerprint density at radius 2 is 1.68 bits per heavy atom. The number of benzene rings is 1. The number of carbonyl (C=O) groups excluding carboxylic acids is 1. The first-order valence-corrected chi connectivity index (χ1v) is 11.9. The van der Waals surface area contributed by atoms with E-state index in [1.165, 1.54) is 0 Å². The zero-order chi connectivity index (χ0) is 29.1. The number of hydrogen-bond donors (Lipinski definition) is 1. The van der Waals surface area contributed by atoms with Gasteiger partial charge in [-0.3, -0.25) is 4.79 Å². The van der Waals surface area contributed by atoms with Crippen molar-refractivity contribution in [3.05, 3.63) is 77.7 Å². The molecule has 10 atom stereocenters. The Morgan fingerprint density at radius 1 is 1.02 bits per heavy atom. The molecule has 18 nitrogen and oxygen atoms in total. The van der Waals surface area contributed by atoms with Gasteiger partial charge in [0, 0.05) is 26.6 Å². The molecule has 0 amide bonds. The van der Waals surface area contributed by atoms with E-state index >= 15 is 4.39 Å². The molecule has 2 aliphatic rings. The SMILES string of the molecule is CC(=O)O[C@@H]1[C@@H](O)[C@H](O[C@H]2O[C@H](CN=[N+]=[N-])[C@@H](OCc3ccccc3)[C@H](F)[C@H]2N=[N+]=[N-])[C@@H](N=[N+]=[N-])C[C@H]1N=[N+]=[N-]. The molecule has 0 bridgehead atoms. The average molecular weight is 561 g/mol. The van der Waals surface area contributed by atoms with Gasteiger partial charge in [0.1, 0.15) is 30.5 Å². The number of aliphatic hydroxyl groups excluding tert-OH is 1. The molecule has 19 heteroatoms. The first kappa shape index (κ1) is 30.2.